The summed E-state index contributed by atoms with van der Waals surface area (Å²) in [5.41, 5.74) is 0.652. The first-order valence-electron chi connectivity index (χ1n) is 9.89. The van der Waals surface area contributed by atoms with Crippen LogP contribution in [0.5, 0.6) is 0 Å². The standard InChI is InChI=1S/C23H32N4O2/c1-22(2,3)25-16-20(28)27-23(4,5)21(29)26-19(17-11-7-6-8-12-17)15-18-13-9-10-14-24-18/h6-14,19,25H,15-16H2,1-5H3,(H,26,29)(H,27,28). The summed E-state index contributed by atoms with van der Waals surface area (Å²) >= 11 is 0. The van der Waals surface area contributed by atoms with E-state index in [1.165, 1.54) is 0 Å². The summed E-state index contributed by atoms with van der Waals surface area (Å²) in [5.74, 6) is -0.465. The van der Waals surface area contributed by atoms with Crippen molar-refractivity contribution in [1.82, 2.24) is 20.9 Å². The van der Waals surface area contributed by atoms with Gasteiger partial charge in [0.15, 0.2) is 0 Å². The molecule has 1 heterocycles. The van der Waals surface area contributed by atoms with Gasteiger partial charge in [0.1, 0.15) is 5.54 Å². The minimum atomic E-state index is -1.05. The molecule has 3 N–H and O–H groups in total. The molecule has 2 amide bonds. The molecule has 1 aromatic carbocycles. The molecule has 1 aromatic heterocycles. The second kappa shape index (κ2) is 9.65. The van der Waals surface area contributed by atoms with E-state index < -0.39 is 5.54 Å². The topological polar surface area (TPSA) is 83.1 Å². The van der Waals surface area contributed by atoms with E-state index in [-0.39, 0.29) is 29.9 Å². The number of pyridine rings is 1. The number of carbonyl (C=O) groups excluding carboxylic acids is 2. The summed E-state index contributed by atoms with van der Waals surface area (Å²) in [6, 6.07) is 15.3. The first-order chi connectivity index (χ1) is 13.6. The zero-order valence-electron chi connectivity index (χ0n) is 18.0. The Kier molecular flexibility index (Phi) is 7.51. The van der Waals surface area contributed by atoms with Crippen LogP contribution in [0, 0.1) is 0 Å². The first-order valence-corrected chi connectivity index (χ1v) is 9.89. The van der Waals surface area contributed by atoms with Crippen LogP contribution in [0.3, 0.4) is 0 Å². The predicted molar refractivity (Wildman–Crippen MR) is 115 cm³/mol. The summed E-state index contributed by atoms with van der Waals surface area (Å²) in [5, 5.41) is 9.04. The summed E-state index contributed by atoms with van der Waals surface area (Å²) in [6.45, 7) is 9.52. The van der Waals surface area contributed by atoms with E-state index in [4.69, 9.17) is 0 Å². The smallest absolute Gasteiger partial charge is 0.245 e. The van der Waals surface area contributed by atoms with Crippen molar-refractivity contribution in [2.75, 3.05) is 6.54 Å². The fraction of sp³-hybridized carbons (Fsp3) is 0.435. The Morgan fingerprint density at radius 2 is 1.62 bits per heavy atom. The van der Waals surface area contributed by atoms with E-state index >= 15 is 0 Å². The molecule has 0 bridgehead atoms. The third-order valence-electron chi connectivity index (χ3n) is 4.45. The van der Waals surface area contributed by atoms with Gasteiger partial charge < -0.3 is 16.0 Å². The van der Waals surface area contributed by atoms with Crippen LogP contribution in [0.15, 0.2) is 54.7 Å². The van der Waals surface area contributed by atoms with Gasteiger partial charge in [0.05, 0.1) is 12.6 Å². The molecular formula is C23H32N4O2. The third-order valence-corrected chi connectivity index (χ3v) is 4.45. The lowest BCUT2D eigenvalue weighted by atomic mass is 9.98. The Morgan fingerprint density at radius 1 is 0.966 bits per heavy atom. The van der Waals surface area contributed by atoms with Crippen molar-refractivity contribution in [3.8, 4) is 0 Å². The molecular weight excluding hydrogens is 364 g/mol. The second-order valence-corrected chi connectivity index (χ2v) is 8.74. The summed E-state index contributed by atoms with van der Waals surface area (Å²) in [7, 11) is 0. The average Bonchev–Trinajstić information content (AvgIpc) is 2.66. The van der Waals surface area contributed by atoms with Gasteiger partial charge in [0.2, 0.25) is 11.8 Å². The highest BCUT2D eigenvalue weighted by atomic mass is 16.2. The number of carbonyl (C=O) groups is 2. The van der Waals surface area contributed by atoms with E-state index in [1.54, 1.807) is 20.0 Å². The van der Waals surface area contributed by atoms with Crippen molar-refractivity contribution < 1.29 is 9.59 Å². The summed E-state index contributed by atoms with van der Waals surface area (Å²) in [4.78, 5) is 29.7. The van der Waals surface area contributed by atoms with E-state index in [0.717, 1.165) is 11.3 Å². The minimum absolute atomic E-state index is 0.149. The predicted octanol–water partition coefficient (Wildman–Crippen LogP) is 2.76. The van der Waals surface area contributed by atoms with Crippen LogP contribution in [-0.4, -0.2) is 34.4 Å². The van der Waals surface area contributed by atoms with Gasteiger partial charge in [-0.05, 0) is 52.3 Å². The van der Waals surface area contributed by atoms with Gasteiger partial charge in [-0.1, -0.05) is 36.4 Å². The van der Waals surface area contributed by atoms with Gasteiger partial charge >= 0.3 is 0 Å². The van der Waals surface area contributed by atoms with Crippen LogP contribution in [0.25, 0.3) is 0 Å². The lowest BCUT2D eigenvalue weighted by Gasteiger charge is -2.29. The van der Waals surface area contributed by atoms with Gasteiger partial charge in [0.25, 0.3) is 0 Å². The number of rotatable bonds is 8. The number of benzene rings is 1. The Morgan fingerprint density at radius 3 is 2.21 bits per heavy atom. The van der Waals surface area contributed by atoms with E-state index in [1.807, 2.05) is 69.3 Å². The largest absolute Gasteiger partial charge is 0.347 e. The Hall–Kier alpha value is -2.73. The van der Waals surface area contributed by atoms with E-state index in [2.05, 4.69) is 20.9 Å². The molecule has 0 saturated heterocycles. The highest BCUT2D eigenvalue weighted by Gasteiger charge is 2.31. The molecule has 2 rings (SSSR count). The molecule has 1 unspecified atom stereocenters. The first kappa shape index (κ1) is 22.6. The third kappa shape index (κ3) is 7.66. The Labute approximate surface area is 173 Å². The zero-order chi connectivity index (χ0) is 21.5. The number of aromatic nitrogens is 1. The maximum atomic E-state index is 13.0. The van der Waals surface area contributed by atoms with Crippen LogP contribution in [0.4, 0.5) is 0 Å². The molecule has 0 aliphatic heterocycles. The fourth-order valence-corrected chi connectivity index (χ4v) is 2.80. The summed E-state index contributed by atoms with van der Waals surface area (Å²) < 4.78 is 0. The van der Waals surface area contributed by atoms with Gasteiger partial charge in [-0.15, -0.1) is 0 Å². The normalized spacial score (nSPS) is 12.9. The number of hydrogen-bond donors (Lipinski definition) is 3. The molecule has 0 saturated carbocycles. The van der Waals surface area contributed by atoms with Gasteiger partial charge in [-0.2, -0.15) is 0 Å². The highest BCUT2D eigenvalue weighted by molar-refractivity contribution is 5.91. The maximum Gasteiger partial charge on any atom is 0.245 e. The summed E-state index contributed by atoms with van der Waals surface area (Å²) in [6.07, 6.45) is 2.30. The second-order valence-electron chi connectivity index (χ2n) is 8.74. The van der Waals surface area contributed by atoms with Gasteiger partial charge in [-0.25, -0.2) is 0 Å². The van der Waals surface area contributed by atoms with Crippen LogP contribution >= 0.6 is 0 Å². The van der Waals surface area contributed by atoms with Gasteiger partial charge in [-0.3, -0.25) is 14.6 Å². The molecule has 6 heteroatoms. The zero-order valence-corrected chi connectivity index (χ0v) is 18.0. The van der Waals surface area contributed by atoms with E-state index in [9.17, 15) is 9.59 Å². The molecule has 0 aliphatic rings. The van der Waals surface area contributed by atoms with Crippen molar-refractivity contribution in [1.29, 1.82) is 0 Å². The lowest BCUT2D eigenvalue weighted by molar-refractivity contribution is -0.132. The molecule has 2 aromatic rings. The van der Waals surface area contributed by atoms with Gasteiger partial charge in [0, 0.05) is 23.9 Å². The number of amides is 2. The van der Waals surface area contributed by atoms with Crippen LogP contribution in [0.1, 0.15) is 51.9 Å². The highest BCUT2D eigenvalue weighted by Crippen LogP contribution is 2.19. The van der Waals surface area contributed by atoms with Crippen LogP contribution in [-0.2, 0) is 16.0 Å². The minimum Gasteiger partial charge on any atom is -0.347 e. The lowest BCUT2D eigenvalue weighted by Crippen LogP contribution is -2.57. The average molecular weight is 397 g/mol. The number of hydrogen-bond acceptors (Lipinski definition) is 4. The van der Waals surface area contributed by atoms with Crippen molar-refractivity contribution in [3.63, 3.8) is 0 Å². The molecule has 0 aliphatic carbocycles. The Balaban J connectivity index is 2.08. The number of nitrogens with zero attached hydrogens (tertiary/aromatic N) is 1. The molecule has 0 spiro atoms. The van der Waals surface area contributed by atoms with Crippen molar-refractivity contribution in [3.05, 3.63) is 66.0 Å². The van der Waals surface area contributed by atoms with Crippen LogP contribution in [0.2, 0.25) is 0 Å². The molecule has 0 radical (unpaired) electrons. The fourth-order valence-electron chi connectivity index (χ4n) is 2.80. The molecule has 1 atom stereocenters. The number of nitrogens with one attached hydrogen (secondary N) is 3. The van der Waals surface area contributed by atoms with Crippen molar-refractivity contribution >= 4 is 11.8 Å². The molecule has 29 heavy (non-hydrogen) atoms. The molecule has 6 nitrogen and oxygen atoms in total. The van der Waals surface area contributed by atoms with Crippen LogP contribution < -0.4 is 16.0 Å². The van der Waals surface area contributed by atoms with E-state index in [0.29, 0.717) is 6.42 Å². The SMILES string of the molecule is CC(C)(C)NCC(=O)NC(C)(C)C(=O)NC(Cc1ccccn1)c1ccccc1. The monoisotopic (exact) mass is 396 g/mol. The van der Waals surface area contributed by atoms with Crippen molar-refractivity contribution in [2.45, 2.75) is 58.2 Å². The molecule has 156 valence electrons. The Bertz CT molecular complexity index is 799. The quantitative estimate of drug-likeness (QED) is 0.641. The maximum absolute atomic E-state index is 13.0. The van der Waals surface area contributed by atoms with Crippen molar-refractivity contribution in [2.24, 2.45) is 0 Å². The molecule has 0 fully saturated rings.